The van der Waals surface area contributed by atoms with Crippen LogP contribution in [-0.2, 0) is 6.54 Å². The summed E-state index contributed by atoms with van der Waals surface area (Å²) in [4.78, 5) is 19.0. The second-order valence-electron chi connectivity index (χ2n) is 7.77. The van der Waals surface area contributed by atoms with Crippen LogP contribution in [0.1, 0.15) is 17.5 Å². The molecule has 5 rings (SSSR count). The van der Waals surface area contributed by atoms with Crippen molar-refractivity contribution in [2.75, 3.05) is 13.2 Å². The fourth-order valence-corrected chi connectivity index (χ4v) is 3.77. The van der Waals surface area contributed by atoms with Gasteiger partial charge in [-0.25, -0.2) is 9.97 Å². The molecule has 172 valence electrons. The highest BCUT2D eigenvalue weighted by atomic mass is 16.6. The highest BCUT2D eigenvalue weighted by molar-refractivity contribution is 5.75. The number of benzene rings is 2. The Hall–Kier alpha value is -4.47. The minimum Gasteiger partial charge on any atom is -0.493 e. The third kappa shape index (κ3) is 4.25. The highest BCUT2D eigenvalue weighted by Crippen LogP contribution is 2.24. The first-order valence-corrected chi connectivity index (χ1v) is 10.8. The number of imidazole rings is 2. The summed E-state index contributed by atoms with van der Waals surface area (Å²) in [6.07, 6.45) is 3.66. The van der Waals surface area contributed by atoms with Gasteiger partial charge >= 0.3 is 5.82 Å². The predicted molar refractivity (Wildman–Crippen MR) is 125 cm³/mol. The van der Waals surface area contributed by atoms with Crippen molar-refractivity contribution in [3.05, 3.63) is 88.4 Å². The molecule has 3 aromatic heterocycles. The van der Waals surface area contributed by atoms with E-state index in [1.807, 2.05) is 36.7 Å². The summed E-state index contributed by atoms with van der Waals surface area (Å²) in [6, 6.07) is 17.4. The first-order valence-electron chi connectivity index (χ1n) is 10.8. The van der Waals surface area contributed by atoms with E-state index < -0.39 is 4.92 Å². The number of rotatable bonds is 9. The summed E-state index contributed by atoms with van der Waals surface area (Å²) in [6.45, 7) is 3.59. The maximum Gasteiger partial charge on any atom is 0.368 e. The molecule has 0 radical (unpaired) electrons. The maximum absolute atomic E-state index is 11.1. The van der Waals surface area contributed by atoms with E-state index >= 15 is 0 Å². The van der Waals surface area contributed by atoms with E-state index in [2.05, 4.69) is 38.7 Å². The second-order valence-corrected chi connectivity index (χ2v) is 7.77. The number of para-hydroxylation sites is 2. The Morgan fingerprint density at radius 2 is 1.85 bits per heavy atom. The number of hydrogen-bond acceptors (Lipinski definition) is 7. The summed E-state index contributed by atoms with van der Waals surface area (Å²) in [5.41, 5.74) is 4.71. The monoisotopic (exact) mass is 458 g/mol. The van der Waals surface area contributed by atoms with Crippen LogP contribution in [0.5, 0.6) is 11.6 Å². The lowest BCUT2D eigenvalue weighted by molar-refractivity contribution is -0.391. The van der Waals surface area contributed by atoms with Crippen molar-refractivity contribution in [1.29, 1.82) is 0 Å². The number of nitro groups is 1. The van der Waals surface area contributed by atoms with Crippen LogP contribution >= 0.6 is 0 Å². The van der Waals surface area contributed by atoms with Gasteiger partial charge in [0.2, 0.25) is 5.65 Å². The summed E-state index contributed by atoms with van der Waals surface area (Å²) < 4.78 is 14.9. The largest absolute Gasteiger partial charge is 0.493 e. The fourth-order valence-electron chi connectivity index (χ4n) is 3.77. The van der Waals surface area contributed by atoms with Gasteiger partial charge < -0.3 is 24.2 Å². The molecule has 0 unspecified atom stereocenters. The summed E-state index contributed by atoms with van der Waals surface area (Å²) in [7, 11) is 0. The van der Waals surface area contributed by atoms with Crippen LogP contribution in [0.3, 0.4) is 0 Å². The molecule has 0 saturated heterocycles. The molecule has 0 atom stereocenters. The topological polar surface area (TPSA) is 110 Å². The SMILES string of the molecule is Cc1c(Cn2cnc3ccccc32)cccc1OCCCOc1ccc2ncc([N+](=O)[O-])n2n1. The first kappa shape index (κ1) is 21.4. The lowest BCUT2D eigenvalue weighted by Crippen LogP contribution is -2.08. The lowest BCUT2D eigenvalue weighted by Gasteiger charge is -2.14. The third-order valence-electron chi connectivity index (χ3n) is 5.57. The summed E-state index contributed by atoms with van der Waals surface area (Å²) >= 11 is 0. The Bertz CT molecular complexity index is 1480. The molecule has 0 bridgehead atoms. The van der Waals surface area contributed by atoms with Gasteiger partial charge in [0.15, 0.2) is 0 Å². The van der Waals surface area contributed by atoms with Crippen molar-refractivity contribution in [2.24, 2.45) is 0 Å². The van der Waals surface area contributed by atoms with Crippen LogP contribution in [0, 0.1) is 17.0 Å². The molecule has 5 aromatic rings. The minimum atomic E-state index is -0.531. The standard InChI is InChI=1S/C24H22N6O4/c1-17-18(15-28-16-26-19-7-2-3-8-20(19)28)6-4-9-21(17)33-12-5-13-34-23-11-10-22-25-14-24(30(31)32)29(22)27-23/h2-4,6-11,14,16H,5,12-13,15H2,1H3. The lowest BCUT2D eigenvalue weighted by atomic mass is 10.1. The number of nitrogens with zero attached hydrogens (tertiary/aromatic N) is 6. The zero-order valence-electron chi connectivity index (χ0n) is 18.5. The Morgan fingerprint density at radius 3 is 2.74 bits per heavy atom. The fraction of sp³-hybridized carbons (Fsp3) is 0.208. The second kappa shape index (κ2) is 9.18. The molecule has 0 aliphatic heterocycles. The van der Waals surface area contributed by atoms with Crippen molar-refractivity contribution in [2.45, 2.75) is 19.9 Å². The van der Waals surface area contributed by atoms with Crippen molar-refractivity contribution in [1.82, 2.24) is 24.1 Å². The van der Waals surface area contributed by atoms with Gasteiger partial charge in [-0.3, -0.25) is 0 Å². The van der Waals surface area contributed by atoms with E-state index in [0.29, 0.717) is 37.7 Å². The summed E-state index contributed by atoms with van der Waals surface area (Å²) in [5.74, 6) is 0.915. The Morgan fingerprint density at radius 1 is 1.00 bits per heavy atom. The van der Waals surface area contributed by atoms with Crippen LogP contribution in [0.4, 0.5) is 5.82 Å². The predicted octanol–water partition coefficient (Wildman–Crippen LogP) is 4.19. The smallest absolute Gasteiger partial charge is 0.368 e. The van der Waals surface area contributed by atoms with Crippen LogP contribution in [0.25, 0.3) is 16.7 Å². The quantitative estimate of drug-likeness (QED) is 0.185. The van der Waals surface area contributed by atoms with Gasteiger partial charge in [-0.15, -0.1) is 0 Å². The van der Waals surface area contributed by atoms with Crippen LogP contribution in [0.15, 0.2) is 67.1 Å². The highest BCUT2D eigenvalue weighted by Gasteiger charge is 2.16. The van der Waals surface area contributed by atoms with E-state index in [-0.39, 0.29) is 5.82 Å². The van der Waals surface area contributed by atoms with E-state index in [0.717, 1.165) is 32.4 Å². The zero-order valence-corrected chi connectivity index (χ0v) is 18.5. The molecule has 2 aromatic carbocycles. The molecule has 0 spiro atoms. The van der Waals surface area contributed by atoms with Crippen molar-refractivity contribution in [3.63, 3.8) is 0 Å². The van der Waals surface area contributed by atoms with Crippen LogP contribution in [0.2, 0.25) is 0 Å². The number of ether oxygens (including phenoxy) is 2. The molecule has 0 N–H and O–H groups in total. The van der Waals surface area contributed by atoms with Crippen molar-refractivity contribution >= 4 is 22.5 Å². The van der Waals surface area contributed by atoms with Gasteiger partial charge in [0.1, 0.15) is 11.9 Å². The maximum atomic E-state index is 11.1. The molecule has 0 saturated carbocycles. The van der Waals surface area contributed by atoms with E-state index in [9.17, 15) is 10.1 Å². The molecule has 0 amide bonds. The Balaban J connectivity index is 1.17. The van der Waals surface area contributed by atoms with Gasteiger partial charge in [0.05, 0.1) is 30.6 Å². The summed E-state index contributed by atoms with van der Waals surface area (Å²) in [5, 5.41) is 15.2. The van der Waals surface area contributed by atoms with E-state index in [1.54, 1.807) is 12.1 Å². The molecule has 3 heterocycles. The normalized spacial score (nSPS) is 11.2. The molecule has 0 aliphatic carbocycles. The molecular weight excluding hydrogens is 436 g/mol. The number of aromatic nitrogens is 5. The average molecular weight is 458 g/mol. The molecule has 0 fully saturated rings. The van der Waals surface area contributed by atoms with Crippen molar-refractivity contribution < 1.29 is 14.4 Å². The van der Waals surface area contributed by atoms with Crippen LogP contribution < -0.4 is 9.47 Å². The Kier molecular flexibility index (Phi) is 5.77. The van der Waals surface area contributed by atoms with E-state index in [1.165, 1.54) is 6.20 Å². The van der Waals surface area contributed by atoms with Gasteiger partial charge in [0, 0.05) is 25.1 Å². The minimum absolute atomic E-state index is 0.206. The van der Waals surface area contributed by atoms with Gasteiger partial charge in [-0.05, 0) is 46.3 Å². The van der Waals surface area contributed by atoms with Gasteiger partial charge in [-0.2, -0.15) is 0 Å². The van der Waals surface area contributed by atoms with Gasteiger partial charge in [0.25, 0.3) is 5.88 Å². The molecular formula is C24H22N6O4. The number of fused-ring (bicyclic) bond motifs is 2. The molecule has 10 nitrogen and oxygen atoms in total. The van der Waals surface area contributed by atoms with Crippen LogP contribution in [-0.4, -0.2) is 42.3 Å². The molecule has 34 heavy (non-hydrogen) atoms. The average Bonchev–Trinajstić information content (AvgIpc) is 3.45. The zero-order chi connectivity index (χ0) is 23.5. The molecule has 0 aliphatic rings. The van der Waals surface area contributed by atoms with E-state index in [4.69, 9.17) is 9.47 Å². The first-order chi connectivity index (χ1) is 16.6. The van der Waals surface area contributed by atoms with Gasteiger partial charge in [-0.1, -0.05) is 28.8 Å². The number of hydrogen-bond donors (Lipinski definition) is 0. The molecule has 10 heteroatoms. The third-order valence-corrected chi connectivity index (χ3v) is 5.57. The Labute approximate surface area is 194 Å². The van der Waals surface area contributed by atoms with Crippen molar-refractivity contribution in [3.8, 4) is 11.6 Å².